The highest BCUT2D eigenvalue weighted by Crippen LogP contribution is 2.75. The molecule has 0 heterocycles. The third-order valence-electron chi connectivity index (χ3n) is 12.2. The zero-order valence-electron chi connectivity index (χ0n) is 24.1. The third-order valence-corrected chi connectivity index (χ3v) is 12.2. The summed E-state index contributed by atoms with van der Waals surface area (Å²) >= 11 is 0. The Kier molecular flexibility index (Phi) is 6.63. The van der Waals surface area contributed by atoms with Gasteiger partial charge in [-0.1, -0.05) is 59.1 Å². The van der Waals surface area contributed by atoms with Crippen molar-refractivity contribution < 1.29 is 9.53 Å². The van der Waals surface area contributed by atoms with Crippen molar-refractivity contribution in [2.45, 2.75) is 98.0 Å². The lowest BCUT2D eigenvalue weighted by molar-refractivity contribution is -0.203. The quantitative estimate of drug-likeness (QED) is 0.219. The average molecular weight is 519 g/mol. The van der Waals surface area contributed by atoms with Gasteiger partial charge in [-0.2, -0.15) is 0 Å². The van der Waals surface area contributed by atoms with Gasteiger partial charge in [0.1, 0.15) is 6.10 Å². The first-order valence-corrected chi connectivity index (χ1v) is 15.7. The monoisotopic (exact) mass is 518 g/mol. The lowest BCUT2D eigenvalue weighted by Crippen LogP contribution is -2.64. The molecule has 208 valence electrons. The Morgan fingerprint density at radius 2 is 1.79 bits per heavy atom. The van der Waals surface area contributed by atoms with E-state index in [9.17, 15) is 4.79 Å². The Morgan fingerprint density at radius 1 is 1.03 bits per heavy atom. The molecule has 5 aliphatic carbocycles. The molecule has 0 radical (unpaired) electrons. The van der Waals surface area contributed by atoms with E-state index in [-0.39, 0.29) is 12.1 Å². The van der Waals surface area contributed by atoms with E-state index in [0.29, 0.717) is 33.7 Å². The fourth-order valence-electron chi connectivity index (χ4n) is 10.8. The highest BCUT2D eigenvalue weighted by molar-refractivity contribution is 5.91. The first-order chi connectivity index (χ1) is 18.1. The normalized spacial score (nSPS) is 41.6. The highest BCUT2D eigenvalue weighted by atomic mass is 16.5. The van der Waals surface area contributed by atoms with E-state index in [1.807, 2.05) is 0 Å². The number of nitrogens with two attached hydrogens (primary N) is 2. The van der Waals surface area contributed by atoms with E-state index in [2.05, 4.69) is 39.8 Å². The molecule has 4 nitrogen and oxygen atoms in total. The molecule has 0 saturated heterocycles. The number of carbonyl (C=O) groups excluding carboxylic acids is 1. The van der Waals surface area contributed by atoms with Crippen LogP contribution in [0.2, 0.25) is 0 Å². The Hall–Kier alpha value is -1.97. The second-order valence-electron chi connectivity index (χ2n) is 14.8. The number of carbonyl (C=O) groups is 1. The van der Waals surface area contributed by atoms with E-state index in [0.717, 1.165) is 54.3 Å². The van der Waals surface area contributed by atoms with Gasteiger partial charge in [0.25, 0.3) is 0 Å². The molecular weight excluding hydrogens is 468 g/mol. The molecule has 4 fully saturated rings. The SMILES string of the molecule is CC(C)CCCC(C)C1CCC2C3C=CC4CC(OC(=O)c5cc(N)cc(N)c5)CCC45CC(CC12C)C35. The summed E-state index contributed by atoms with van der Waals surface area (Å²) < 4.78 is 6.02. The number of ether oxygens (including phenoxy) is 1. The predicted molar refractivity (Wildman–Crippen MR) is 155 cm³/mol. The van der Waals surface area contributed by atoms with Crippen molar-refractivity contribution in [3.63, 3.8) is 0 Å². The van der Waals surface area contributed by atoms with Crippen molar-refractivity contribution in [3.8, 4) is 0 Å². The third kappa shape index (κ3) is 4.20. The Morgan fingerprint density at radius 3 is 2.53 bits per heavy atom. The Labute approximate surface area is 230 Å². The fourth-order valence-corrected chi connectivity index (χ4v) is 10.8. The number of fused-ring (bicyclic) bond motifs is 2. The zero-order chi connectivity index (χ0) is 26.8. The Bertz CT molecular complexity index is 1080. The van der Waals surface area contributed by atoms with Gasteiger partial charge in [0.15, 0.2) is 0 Å². The van der Waals surface area contributed by atoms with Gasteiger partial charge in [0.05, 0.1) is 5.56 Å². The van der Waals surface area contributed by atoms with Gasteiger partial charge in [0.2, 0.25) is 0 Å². The summed E-state index contributed by atoms with van der Waals surface area (Å²) in [7, 11) is 0. The fraction of sp³-hybridized carbons (Fsp3) is 0.735. The van der Waals surface area contributed by atoms with Crippen LogP contribution in [-0.4, -0.2) is 12.1 Å². The summed E-state index contributed by atoms with van der Waals surface area (Å²) in [6.45, 7) is 9.98. The number of nitrogen functional groups attached to an aromatic ring is 2. The summed E-state index contributed by atoms with van der Waals surface area (Å²) in [5.74, 6) is 6.23. The van der Waals surface area contributed by atoms with Gasteiger partial charge in [0, 0.05) is 11.4 Å². The molecule has 6 rings (SSSR count). The molecule has 4 heteroatoms. The summed E-state index contributed by atoms with van der Waals surface area (Å²) in [6.07, 6.45) is 18.3. The van der Waals surface area contributed by atoms with Crippen molar-refractivity contribution in [3.05, 3.63) is 35.9 Å². The van der Waals surface area contributed by atoms with Gasteiger partial charge in [-0.3, -0.25) is 0 Å². The van der Waals surface area contributed by atoms with Crippen LogP contribution in [-0.2, 0) is 4.74 Å². The molecule has 5 aliphatic rings. The molecule has 0 aromatic heterocycles. The van der Waals surface area contributed by atoms with Crippen molar-refractivity contribution in [1.29, 1.82) is 0 Å². The first kappa shape index (κ1) is 26.3. The largest absolute Gasteiger partial charge is 0.459 e. The minimum atomic E-state index is -0.290. The molecule has 1 aromatic carbocycles. The molecule has 0 bridgehead atoms. The number of benzene rings is 1. The predicted octanol–water partition coefficient (Wildman–Crippen LogP) is 7.88. The molecule has 0 aliphatic heterocycles. The maximum absolute atomic E-state index is 12.9. The molecule has 38 heavy (non-hydrogen) atoms. The van der Waals surface area contributed by atoms with Crippen LogP contribution < -0.4 is 11.5 Å². The maximum Gasteiger partial charge on any atom is 0.338 e. The van der Waals surface area contributed by atoms with Gasteiger partial charge >= 0.3 is 5.97 Å². The summed E-state index contributed by atoms with van der Waals surface area (Å²) in [6, 6.07) is 5.01. The smallest absolute Gasteiger partial charge is 0.338 e. The first-order valence-electron chi connectivity index (χ1n) is 15.7. The Balaban J connectivity index is 1.14. The lowest BCUT2D eigenvalue weighted by Gasteiger charge is -2.70. The zero-order valence-corrected chi connectivity index (χ0v) is 24.1. The lowest BCUT2D eigenvalue weighted by atomic mass is 9.34. The van der Waals surface area contributed by atoms with E-state index >= 15 is 0 Å². The van der Waals surface area contributed by atoms with Crippen LogP contribution in [0.25, 0.3) is 0 Å². The van der Waals surface area contributed by atoms with Gasteiger partial charge in [-0.25, -0.2) is 4.79 Å². The number of anilines is 2. The van der Waals surface area contributed by atoms with Gasteiger partial charge in [-0.15, -0.1) is 0 Å². The molecular formula is C34H50N2O2. The molecule has 4 N–H and O–H groups in total. The second kappa shape index (κ2) is 9.59. The van der Waals surface area contributed by atoms with Crippen LogP contribution in [0.1, 0.15) is 102 Å². The number of rotatable bonds is 7. The van der Waals surface area contributed by atoms with Crippen LogP contribution in [0.15, 0.2) is 30.4 Å². The summed E-state index contributed by atoms with van der Waals surface area (Å²) in [5, 5.41) is 0. The molecule has 10 unspecified atom stereocenters. The van der Waals surface area contributed by atoms with Crippen molar-refractivity contribution in [1.82, 2.24) is 0 Å². The van der Waals surface area contributed by atoms with Crippen LogP contribution in [0.3, 0.4) is 0 Å². The minimum absolute atomic E-state index is 0.0163. The molecule has 0 amide bonds. The van der Waals surface area contributed by atoms with Gasteiger partial charge < -0.3 is 16.2 Å². The van der Waals surface area contributed by atoms with Crippen LogP contribution in [0.4, 0.5) is 11.4 Å². The van der Waals surface area contributed by atoms with E-state index in [1.165, 1.54) is 51.4 Å². The summed E-state index contributed by atoms with van der Waals surface area (Å²) in [5.41, 5.74) is 14.3. The number of allylic oxidation sites excluding steroid dienone is 2. The summed E-state index contributed by atoms with van der Waals surface area (Å²) in [4.78, 5) is 12.9. The molecule has 10 atom stereocenters. The minimum Gasteiger partial charge on any atom is -0.459 e. The molecule has 1 aromatic rings. The number of hydrogen-bond donors (Lipinski definition) is 2. The van der Waals surface area contributed by atoms with Crippen LogP contribution in [0, 0.1) is 58.2 Å². The second-order valence-corrected chi connectivity index (χ2v) is 14.8. The number of esters is 1. The van der Waals surface area contributed by atoms with Crippen molar-refractivity contribution >= 4 is 17.3 Å². The van der Waals surface area contributed by atoms with E-state index in [1.54, 1.807) is 18.2 Å². The standard InChI is InChI=1S/C34H50N2O2/c1-20(2)6-5-7-21(3)29-10-11-30-28-9-8-24-16-27(38-32(37)22-14-25(35)17-26(36)15-22)12-13-34(24)19-23(31(28)34)18-33(29,30)4/h8-9,14-15,17,20-21,23-24,27-31H,5-7,10-13,16,18-19,35-36H2,1-4H3. The topological polar surface area (TPSA) is 78.3 Å². The van der Waals surface area contributed by atoms with Crippen molar-refractivity contribution in [2.24, 2.45) is 58.2 Å². The van der Waals surface area contributed by atoms with Crippen LogP contribution >= 0.6 is 0 Å². The molecule has 4 saturated carbocycles. The van der Waals surface area contributed by atoms with E-state index in [4.69, 9.17) is 16.2 Å². The number of hydrogen-bond acceptors (Lipinski definition) is 4. The van der Waals surface area contributed by atoms with Crippen molar-refractivity contribution in [2.75, 3.05) is 11.5 Å². The molecule has 1 spiro atoms. The maximum atomic E-state index is 12.9. The average Bonchev–Trinajstić information content (AvgIpc) is 3.19. The highest BCUT2D eigenvalue weighted by Gasteiger charge is 2.69. The van der Waals surface area contributed by atoms with Gasteiger partial charge in [-0.05, 0) is 121 Å². The van der Waals surface area contributed by atoms with E-state index < -0.39 is 0 Å². The van der Waals surface area contributed by atoms with Crippen LogP contribution in [0.5, 0.6) is 0 Å².